The number of hydrogen-bond acceptors (Lipinski definition) is 3. The first kappa shape index (κ1) is 9.71. The largest absolute Gasteiger partial charge is 0.497 e. The first-order chi connectivity index (χ1) is 6.22. The molecule has 0 heterocycles. The van der Waals surface area contributed by atoms with Crippen LogP contribution in [0.15, 0.2) is 35.5 Å². The summed E-state index contributed by atoms with van der Waals surface area (Å²) in [6.45, 7) is 3.85. The van der Waals surface area contributed by atoms with Crippen LogP contribution in [0, 0.1) is 0 Å². The van der Waals surface area contributed by atoms with Crippen molar-refractivity contribution >= 4 is 0 Å². The highest BCUT2D eigenvalue weighted by Gasteiger charge is 2.19. The van der Waals surface area contributed by atoms with Crippen LogP contribution in [-0.2, 0) is 14.2 Å². The summed E-state index contributed by atoms with van der Waals surface area (Å²) in [5.41, 5.74) is 0.953. The van der Waals surface area contributed by atoms with E-state index in [2.05, 4.69) is 6.58 Å². The van der Waals surface area contributed by atoms with Gasteiger partial charge in [-0.15, -0.1) is 0 Å². The molecule has 0 atom stereocenters. The van der Waals surface area contributed by atoms with Gasteiger partial charge in [-0.05, 0) is 11.6 Å². The average Bonchev–Trinajstić information content (AvgIpc) is 2.16. The van der Waals surface area contributed by atoms with Gasteiger partial charge in [0, 0.05) is 6.42 Å². The van der Waals surface area contributed by atoms with Crippen molar-refractivity contribution in [2.45, 2.75) is 6.42 Å². The van der Waals surface area contributed by atoms with E-state index in [1.807, 2.05) is 6.08 Å². The van der Waals surface area contributed by atoms with Gasteiger partial charge in [0.2, 0.25) is 0 Å². The molecule has 0 saturated carbocycles. The molecule has 0 unspecified atom stereocenters. The van der Waals surface area contributed by atoms with Gasteiger partial charge in [-0.2, -0.15) is 0 Å². The molecule has 1 aliphatic carbocycles. The van der Waals surface area contributed by atoms with E-state index < -0.39 is 0 Å². The minimum absolute atomic E-state index is 0.650. The maximum atomic E-state index is 5.17. The monoisotopic (exact) mass is 182 g/mol. The topological polar surface area (TPSA) is 27.7 Å². The van der Waals surface area contributed by atoms with Gasteiger partial charge >= 0.3 is 0 Å². The predicted molar refractivity (Wildman–Crippen MR) is 49.9 cm³/mol. The van der Waals surface area contributed by atoms with Crippen LogP contribution in [0.4, 0.5) is 0 Å². The van der Waals surface area contributed by atoms with Crippen molar-refractivity contribution in [3.05, 3.63) is 35.5 Å². The Balaban J connectivity index is 3.04. The van der Waals surface area contributed by atoms with Gasteiger partial charge in [0.15, 0.2) is 11.5 Å². The zero-order chi connectivity index (χ0) is 9.84. The van der Waals surface area contributed by atoms with Gasteiger partial charge < -0.3 is 14.2 Å². The predicted octanol–water partition coefficient (Wildman–Crippen LogP) is 1.98. The van der Waals surface area contributed by atoms with Crippen LogP contribution in [0.25, 0.3) is 0 Å². The number of ether oxygens (including phenoxy) is 3. The quantitative estimate of drug-likeness (QED) is 0.668. The summed E-state index contributed by atoms with van der Waals surface area (Å²) < 4.78 is 15.5. The molecule has 3 nitrogen and oxygen atoms in total. The van der Waals surface area contributed by atoms with Crippen molar-refractivity contribution < 1.29 is 14.2 Å². The minimum atomic E-state index is 0.650. The molecule has 0 aromatic rings. The normalized spacial score (nSPS) is 16.8. The maximum Gasteiger partial charge on any atom is 0.199 e. The summed E-state index contributed by atoms with van der Waals surface area (Å²) in [6.07, 6.45) is 2.52. The molecule has 1 rings (SSSR count). The van der Waals surface area contributed by atoms with Crippen LogP contribution in [0.3, 0.4) is 0 Å². The highest BCUT2D eigenvalue weighted by molar-refractivity contribution is 5.38. The van der Waals surface area contributed by atoms with Crippen LogP contribution in [0.2, 0.25) is 0 Å². The SMILES string of the molecule is C=C1C=C(OC)C(OC)=C(OC)C1. The molecule has 0 N–H and O–H groups in total. The molecule has 0 amide bonds. The van der Waals surface area contributed by atoms with Crippen molar-refractivity contribution in [1.82, 2.24) is 0 Å². The highest BCUT2D eigenvalue weighted by atomic mass is 16.5. The van der Waals surface area contributed by atoms with Crippen LogP contribution >= 0.6 is 0 Å². The molecule has 0 bridgehead atoms. The molecular formula is C10H14O3. The Morgan fingerprint density at radius 2 is 1.85 bits per heavy atom. The fourth-order valence-electron chi connectivity index (χ4n) is 1.26. The lowest BCUT2D eigenvalue weighted by Crippen LogP contribution is -2.07. The molecular weight excluding hydrogens is 168 g/mol. The molecule has 1 aliphatic rings. The van der Waals surface area contributed by atoms with Crippen molar-refractivity contribution in [2.75, 3.05) is 21.3 Å². The van der Waals surface area contributed by atoms with E-state index in [9.17, 15) is 0 Å². The van der Waals surface area contributed by atoms with E-state index in [0.717, 1.165) is 11.3 Å². The standard InChI is InChI=1S/C10H14O3/c1-7-5-8(11-2)10(13-4)9(6-7)12-3/h5H,1,6H2,2-4H3. The summed E-state index contributed by atoms with van der Waals surface area (Å²) in [6, 6.07) is 0. The lowest BCUT2D eigenvalue weighted by Gasteiger charge is -2.19. The number of rotatable bonds is 3. The molecule has 3 heteroatoms. The second-order valence-corrected chi connectivity index (χ2v) is 2.71. The van der Waals surface area contributed by atoms with Gasteiger partial charge in [-0.1, -0.05) is 6.58 Å². The van der Waals surface area contributed by atoms with Gasteiger partial charge in [-0.3, -0.25) is 0 Å². The Bertz CT molecular complexity index is 274. The minimum Gasteiger partial charge on any atom is -0.497 e. The molecule has 0 radical (unpaired) electrons. The van der Waals surface area contributed by atoms with Gasteiger partial charge in [0.05, 0.1) is 21.3 Å². The lowest BCUT2D eigenvalue weighted by molar-refractivity contribution is 0.178. The van der Waals surface area contributed by atoms with Crippen LogP contribution in [-0.4, -0.2) is 21.3 Å². The summed E-state index contributed by atoms with van der Waals surface area (Å²) in [4.78, 5) is 0. The summed E-state index contributed by atoms with van der Waals surface area (Å²) in [5, 5.41) is 0. The van der Waals surface area contributed by atoms with Crippen molar-refractivity contribution in [3.63, 3.8) is 0 Å². The zero-order valence-electron chi connectivity index (χ0n) is 8.22. The van der Waals surface area contributed by atoms with Crippen LogP contribution in [0.5, 0.6) is 0 Å². The summed E-state index contributed by atoms with van der Waals surface area (Å²) >= 11 is 0. The fourth-order valence-corrected chi connectivity index (χ4v) is 1.26. The molecule has 0 aromatic heterocycles. The van der Waals surface area contributed by atoms with Crippen LogP contribution < -0.4 is 0 Å². The Hall–Kier alpha value is -1.38. The number of methoxy groups -OCH3 is 3. The highest BCUT2D eigenvalue weighted by Crippen LogP contribution is 2.28. The van der Waals surface area contributed by atoms with Gasteiger partial charge in [-0.25, -0.2) is 0 Å². The third-order valence-electron chi connectivity index (χ3n) is 1.87. The van der Waals surface area contributed by atoms with E-state index in [0.29, 0.717) is 17.9 Å². The summed E-state index contributed by atoms with van der Waals surface area (Å²) in [5.74, 6) is 2.07. The van der Waals surface area contributed by atoms with E-state index >= 15 is 0 Å². The molecule has 13 heavy (non-hydrogen) atoms. The van der Waals surface area contributed by atoms with Crippen molar-refractivity contribution in [3.8, 4) is 0 Å². The van der Waals surface area contributed by atoms with E-state index in [-0.39, 0.29) is 0 Å². The first-order valence-corrected chi connectivity index (χ1v) is 3.98. The molecule has 72 valence electrons. The number of allylic oxidation sites excluding steroid dienone is 2. The van der Waals surface area contributed by atoms with Crippen molar-refractivity contribution in [2.24, 2.45) is 0 Å². The smallest absolute Gasteiger partial charge is 0.199 e. The fraction of sp³-hybridized carbons (Fsp3) is 0.400. The lowest BCUT2D eigenvalue weighted by atomic mass is 10.1. The Kier molecular flexibility index (Phi) is 3.01. The molecule has 0 aromatic carbocycles. The zero-order valence-corrected chi connectivity index (χ0v) is 8.22. The Labute approximate surface area is 78.3 Å². The second kappa shape index (κ2) is 4.03. The second-order valence-electron chi connectivity index (χ2n) is 2.71. The van der Waals surface area contributed by atoms with Gasteiger partial charge in [0.1, 0.15) is 5.76 Å². The Morgan fingerprint density at radius 1 is 1.15 bits per heavy atom. The third-order valence-corrected chi connectivity index (χ3v) is 1.87. The molecule has 0 aliphatic heterocycles. The molecule has 0 saturated heterocycles. The molecule has 0 spiro atoms. The van der Waals surface area contributed by atoms with Crippen molar-refractivity contribution in [1.29, 1.82) is 0 Å². The third kappa shape index (κ3) is 1.86. The van der Waals surface area contributed by atoms with Gasteiger partial charge in [0.25, 0.3) is 0 Å². The average molecular weight is 182 g/mol. The van der Waals surface area contributed by atoms with E-state index in [4.69, 9.17) is 14.2 Å². The van der Waals surface area contributed by atoms with E-state index in [1.54, 1.807) is 21.3 Å². The maximum absolute atomic E-state index is 5.17. The summed E-state index contributed by atoms with van der Waals surface area (Å²) in [7, 11) is 4.80. The number of hydrogen-bond donors (Lipinski definition) is 0. The Morgan fingerprint density at radius 3 is 2.31 bits per heavy atom. The van der Waals surface area contributed by atoms with Crippen LogP contribution in [0.1, 0.15) is 6.42 Å². The molecule has 0 fully saturated rings. The first-order valence-electron chi connectivity index (χ1n) is 3.98. The van der Waals surface area contributed by atoms with E-state index in [1.165, 1.54) is 0 Å².